The van der Waals surface area contributed by atoms with E-state index in [9.17, 15) is 0 Å². The molecule has 0 aliphatic heterocycles. The molecule has 0 unspecified atom stereocenters. The van der Waals surface area contributed by atoms with Crippen molar-refractivity contribution in [3.05, 3.63) is 77.9 Å². The van der Waals surface area contributed by atoms with Crippen molar-refractivity contribution in [3.63, 3.8) is 0 Å². The maximum atomic E-state index is 2.99. The fraction of sp³-hybridized carbons (Fsp3) is 0.438. The van der Waals surface area contributed by atoms with Gasteiger partial charge in [0.2, 0.25) is 0 Å². The van der Waals surface area contributed by atoms with Gasteiger partial charge in [-0.15, -0.1) is 46.2 Å². The minimum atomic E-state index is 0. The van der Waals surface area contributed by atoms with Gasteiger partial charge in [-0.05, 0) is 10.8 Å². The van der Waals surface area contributed by atoms with Crippen LogP contribution in [0.1, 0.15) is 91.2 Å². The number of hydrogen-bond acceptors (Lipinski definition) is 0. The number of allylic oxidation sites excluding steroid dienone is 4. The molecule has 0 nitrogen and oxygen atoms in total. The summed E-state index contributed by atoms with van der Waals surface area (Å²) in [5, 5.41) is 5.49. The van der Waals surface area contributed by atoms with Gasteiger partial charge in [0.1, 0.15) is 0 Å². The zero-order chi connectivity index (χ0) is 24.1. The van der Waals surface area contributed by atoms with Crippen LogP contribution < -0.4 is 24.8 Å². The van der Waals surface area contributed by atoms with Gasteiger partial charge in [-0.25, -0.2) is 12.2 Å². The van der Waals surface area contributed by atoms with Crippen molar-refractivity contribution < 1.29 is 44.8 Å². The van der Waals surface area contributed by atoms with Gasteiger partial charge >= 0.3 is 55.9 Å². The molecular weight excluding hydrogens is 503 g/mol. The first-order chi connectivity index (χ1) is 15.6. The molecule has 0 saturated heterocycles. The second-order valence-electron chi connectivity index (χ2n) is 11.4. The Bertz CT molecular complexity index is 1060. The Morgan fingerprint density at radius 1 is 0.743 bits per heavy atom. The molecule has 5 rings (SSSR count). The van der Waals surface area contributed by atoms with E-state index >= 15 is 0 Å². The predicted octanol–water partition coefficient (Wildman–Crippen LogP) is 3.29. The van der Waals surface area contributed by atoms with Crippen LogP contribution in [0.5, 0.6) is 0 Å². The van der Waals surface area contributed by atoms with E-state index in [1.54, 1.807) is 3.81 Å². The second-order valence-corrected chi connectivity index (χ2v) is 12.5. The van der Waals surface area contributed by atoms with Crippen molar-refractivity contribution in [2.24, 2.45) is 0 Å². The molecule has 3 aromatic rings. The Morgan fingerprint density at radius 2 is 1.23 bits per heavy atom. The van der Waals surface area contributed by atoms with E-state index in [4.69, 9.17) is 0 Å². The summed E-state index contributed by atoms with van der Waals surface area (Å²) < 4.78 is 1.71. The minimum absolute atomic E-state index is 0. The quantitative estimate of drug-likeness (QED) is 0.302. The summed E-state index contributed by atoms with van der Waals surface area (Å²) in [5.74, 6) is 0. The molecule has 0 heterocycles. The molecule has 3 heteroatoms. The maximum absolute atomic E-state index is 2.99. The van der Waals surface area contributed by atoms with Crippen LogP contribution in [0.15, 0.2) is 60.7 Å². The first kappa shape index (κ1) is 32.0. The molecule has 3 aromatic carbocycles. The summed E-state index contributed by atoms with van der Waals surface area (Å²) in [7, 11) is 0. The Morgan fingerprint density at radius 3 is 1.51 bits per heavy atom. The van der Waals surface area contributed by atoms with Gasteiger partial charge in [-0.3, -0.25) is 6.08 Å². The zero-order valence-corrected chi connectivity index (χ0v) is 25.3. The summed E-state index contributed by atoms with van der Waals surface area (Å²) in [5.41, 5.74) is 3.20. The van der Waals surface area contributed by atoms with Gasteiger partial charge < -0.3 is 24.8 Å². The molecule has 188 valence electrons. The summed E-state index contributed by atoms with van der Waals surface area (Å²) in [6, 6.07) is 16.1. The molecule has 0 bridgehead atoms. The predicted molar refractivity (Wildman–Crippen MR) is 144 cm³/mol. The molecule has 2 aliphatic carbocycles. The van der Waals surface area contributed by atoms with Crippen LogP contribution in [0, 0.1) is 6.08 Å². The number of fused-ring (bicyclic) bond motifs is 3. The molecule has 1 fully saturated rings. The van der Waals surface area contributed by atoms with Crippen LogP contribution in [0.25, 0.3) is 21.5 Å². The third kappa shape index (κ3) is 9.40. The van der Waals surface area contributed by atoms with E-state index in [-0.39, 0.29) is 35.6 Å². The summed E-state index contributed by atoms with van der Waals surface area (Å²) in [6.45, 7) is 13.7. The van der Waals surface area contributed by atoms with Crippen LogP contribution >= 0.6 is 0 Å². The topological polar surface area (TPSA) is 0 Å². The molecule has 0 radical (unpaired) electrons. The van der Waals surface area contributed by atoms with Crippen LogP contribution in [-0.2, 0) is 30.8 Å². The standard InChI is InChI=1S/C21H25.C6H10.C5H5.2ClH.Ti/c1-20(2,3)16-9-7-14-11-15-8-10-17(21(4,5)6)13-19(15)18(14)12-16;1-2-4-6-5-3-1;1-2-4-5-3-1;;;/h7-13H,1-6H3;1-5H2;1-3H,4H2;2*1H;/q-1;;-1;;;+2/p-2. The summed E-state index contributed by atoms with van der Waals surface area (Å²) >= 11 is 2.28. The van der Waals surface area contributed by atoms with E-state index < -0.39 is 0 Å². The molecule has 0 amide bonds. The monoisotopic (exact) mass is 542 g/mol. The normalized spacial score (nSPS) is 15.0. The molecule has 35 heavy (non-hydrogen) atoms. The fourth-order valence-corrected chi connectivity index (χ4v) is 4.80. The van der Waals surface area contributed by atoms with E-state index in [0.29, 0.717) is 0 Å². The molecule has 0 aromatic heterocycles. The van der Waals surface area contributed by atoms with Gasteiger partial charge in [0.25, 0.3) is 0 Å². The van der Waals surface area contributed by atoms with E-state index in [1.165, 1.54) is 64.8 Å². The third-order valence-electron chi connectivity index (χ3n) is 6.48. The summed E-state index contributed by atoms with van der Waals surface area (Å²) in [6.07, 6.45) is 17.2. The average Bonchev–Trinajstić information content (AvgIpc) is 3.44. The van der Waals surface area contributed by atoms with E-state index in [0.717, 1.165) is 6.42 Å². The zero-order valence-electron chi connectivity index (χ0n) is 22.3. The van der Waals surface area contributed by atoms with E-state index in [2.05, 4.69) is 116 Å². The second kappa shape index (κ2) is 14.0. The van der Waals surface area contributed by atoms with Gasteiger partial charge in [0.15, 0.2) is 0 Å². The number of halogens is 2. The van der Waals surface area contributed by atoms with Gasteiger partial charge in [-0.2, -0.15) is 6.08 Å². The Balaban J connectivity index is 0.000000360. The number of benzene rings is 2. The van der Waals surface area contributed by atoms with Crippen LogP contribution in [0.2, 0.25) is 0 Å². The molecule has 0 spiro atoms. The van der Waals surface area contributed by atoms with Gasteiger partial charge in [0, 0.05) is 0 Å². The van der Waals surface area contributed by atoms with Crippen LogP contribution in [0.3, 0.4) is 0 Å². The van der Waals surface area contributed by atoms with Crippen molar-refractivity contribution in [3.8, 4) is 0 Å². The first-order valence-electron chi connectivity index (χ1n) is 12.5. The SMILES string of the molecule is CC(C)(C)c1ccc2[cH-]c3ccc(C(C)(C)C)cc3c2c1.[C-]1=CC=CC1.[Cl-].[Cl-].[Ti+2]=[C]1CCCCC1. The van der Waals surface area contributed by atoms with Crippen LogP contribution in [-0.4, -0.2) is 3.81 Å². The van der Waals surface area contributed by atoms with Crippen molar-refractivity contribution in [1.82, 2.24) is 0 Å². The van der Waals surface area contributed by atoms with Crippen LogP contribution in [0.4, 0.5) is 0 Å². The molecule has 0 atom stereocenters. The Hall–Kier alpha value is -1.05. The van der Waals surface area contributed by atoms with Crippen molar-refractivity contribution in [2.45, 2.75) is 90.9 Å². The van der Waals surface area contributed by atoms with Crippen molar-refractivity contribution >= 4 is 25.4 Å². The van der Waals surface area contributed by atoms with Crippen molar-refractivity contribution in [2.75, 3.05) is 0 Å². The molecule has 2 aliphatic rings. The number of hydrogen-bond donors (Lipinski definition) is 0. The first-order valence-corrected chi connectivity index (χ1v) is 13.3. The molecule has 0 N–H and O–H groups in total. The Labute approximate surface area is 237 Å². The fourth-order valence-electron chi connectivity index (χ4n) is 4.25. The number of rotatable bonds is 0. The van der Waals surface area contributed by atoms with E-state index in [1.807, 2.05) is 12.2 Å². The summed E-state index contributed by atoms with van der Waals surface area (Å²) in [4.78, 5) is 0. The van der Waals surface area contributed by atoms with Gasteiger partial charge in [0.05, 0.1) is 0 Å². The van der Waals surface area contributed by atoms with Gasteiger partial charge in [-0.1, -0.05) is 76.9 Å². The molecular formula is C32H40Cl2Ti-2. The molecule has 1 saturated carbocycles. The Kier molecular flexibility index (Phi) is 12.8. The van der Waals surface area contributed by atoms with Crippen molar-refractivity contribution in [1.29, 1.82) is 0 Å². The average molecular weight is 543 g/mol. The third-order valence-corrected chi connectivity index (χ3v) is 7.26.